The molecular formula is C22H26O4. The summed E-state index contributed by atoms with van der Waals surface area (Å²) in [6.07, 6.45) is 2.24. The van der Waals surface area contributed by atoms with Crippen molar-refractivity contribution < 1.29 is 18.9 Å². The van der Waals surface area contributed by atoms with E-state index in [4.69, 9.17) is 18.9 Å². The van der Waals surface area contributed by atoms with Crippen LogP contribution in [-0.4, -0.2) is 28.4 Å². The Labute approximate surface area is 155 Å². The van der Waals surface area contributed by atoms with E-state index in [2.05, 4.69) is 44.2 Å². The maximum atomic E-state index is 5.54. The highest BCUT2D eigenvalue weighted by Crippen LogP contribution is 2.47. The van der Waals surface area contributed by atoms with Gasteiger partial charge in [0.2, 0.25) is 0 Å². The molecule has 0 saturated heterocycles. The smallest absolute Gasteiger partial charge is 0.161 e. The molecule has 0 amide bonds. The molecule has 2 atom stereocenters. The lowest BCUT2D eigenvalue weighted by Crippen LogP contribution is -2.18. The summed E-state index contributed by atoms with van der Waals surface area (Å²) in [5.41, 5.74) is 4.92. The maximum Gasteiger partial charge on any atom is 0.161 e. The Kier molecular flexibility index (Phi) is 5.12. The van der Waals surface area contributed by atoms with Crippen molar-refractivity contribution in [3.8, 4) is 23.0 Å². The maximum absolute atomic E-state index is 5.54. The highest BCUT2D eigenvalue weighted by Gasteiger charge is 2.30. The second-order valence-corrected chi connectivity index (χ2v) is 6.61. The van der Waals surface area contributed by atoms with Crippen LogP contribution in [-0.2, 0) is 0 Å². The second kappa shape index (κ2) is 7.32. The van der Waals surface area contributed by atoms with Gasteiger partial charge in [-0.2, -0.15) is 0 Å². The van der Waals surface area contributed by atoms with Crippen LogP contribution < -0.4 is 18.9 Å². The summed E-state index contributed by atoms with van der Waals surface area (Å²) in [7, 11) is 6.65. The van der Waals surface area contributed by atoms with Crippen LogP contribution in [0.4, 0.5) is 0 Å². The van der Waals surface area contributed by atoms with Crippen LogP contribution >= 0.6 is 0 Å². The molecule has 4 nitrogen and oxygen atoms in total. The predicted octanol–water partition coefficient (Wildman–Crippen LogP) is 4.91. The Morgan fingerprint density at radius 1 is 0.731 bits per heavy atom. The van der Waals surface area contributed by atoms with Crippen molar-refractivity contribution >= 4 is 6.08 Å². The molecule has 0 aliphatic heterocycles. The molecule has 26 heavy (non-hydrogen) atoms. The summed E-state index contributed by atoms with van der Waals surface area (Å²) in [5.74, 6) is 3.53. The van der Waals surface area contributed by atoms with E-state index < -0.39 is 0 Å². The monoisotopic (exact) mass is 354 g/mol. The van der Waals surface area contributed by atoms with E-state index in [9.17, 15) is 0 Å². The van der Waals surface area contributed by atoms with Crippen LogP contribution in [0.5, 0.6) is 23.0 Å². The Morgan fingerprint density at radius 3 is 1.92 bits per heavy atom. The minimum atomic E-state index is 0.203. The van der Waals surface area contributed by atoms with Crippen LogP contribution in [0.1, 0.15) is 36.5 Å². The number of ether oxygens (including phenoxy) is 4. The first-order valence-corrected chi connectivity index (χ1v) is 8.70. The Hall–Kier alpha value is -2.62. The normalized spacial score (nSPS) is 18.6. The average molecular weight is 354 g/mol. The molecule has 2 aromatic carbocycles. The molecule has 0 unspecified atom stereocenters. The minimum absolute atomic E-state index is 0.203. The first kappa shape index (κ1) is 18.2. The lowest BCUT2D eigenvalue weighted by molar-refractivity contribution is 0.352. The first-order chi connectivity index (χ1) is 12.5. The molecule has 1 aliphatic carbocycles. The van der Waals surface area contributed by atoms with E-state index in [0.717, 1.165) is 28.6 Å². The van der Waals surface area contributed by atoms with Crippen LogP contribution in [0.25, 0.3) is 6.08 Å². The van der Waals surface area contributed by atoms with Gasteiger partial charge in [-0.05, 0) is 53.8 Å². The molecule has 0 radical (unpaired) electrons. The van der Waals surface area contributed by atoms with Gasteiger partial charge >= 0.3 is 0 Å². The summed E-state index contributed by atoms with van der Waals surface area (Å²) in [4.78, 5) is 0. The molecule has 0 spiro atoms. The number of allylic oxidation sites excluding steroid dienone is 1. The molecule has 138 valence electrons. The molecule has 0 aromatic heterocycles. The van der Waals surface area contributed by atoms with Crippen LogP contribution in [0.3, 0.4) is 0 Å². The molecule has 0 N–H and O–H groups in total. The second-order valence-electron chi connectivity index (χ2n) is 6.61. The standard InChI is InChI=1S/C22H26O4/c1-13-9-16-11-20(25-5)21(26-6)12-17(16)22(14(13)2)15-7-8-18(23-3)19(10-15)24-4/h7-12,14,22H,1-6H3/t14-,22+/m0/s1. The van der Waals surface area contributed by atoms with Crippen LogP contribution in [0, 0.1) is 5.92 Å². The Balaban J connectivity index is 2.18. The summed E-state index contributed by atoms with van der Waals surface area (Å²) in [6.45, 7) is 4.44. The van der Waals surface area contributed by atoms with Crippen molar-refractivity contribution in [3.05, 3.63) is 52.6 Å². The number of fused-ring (bicyclic) bond motifs is 1. The molecule has 1 aliphatic rings. The number of methoxy groups -OCH3 is 4. The molecule has 4 heteroatoms. The summed E-state index contributed by atoms with van der Waals surface area (Å²) in [5, 5.41) is 0. The SMILES string of the molecule is COc1ccc([C@@H]2c3cc(OC)c(OC)cc3C=C(C)[C@@H]2C)cc1OC. The summed E-state index contributed by atoms with van der Waals surface area (Å²) >= 11 is 0. The van der Waals surface area contributed by atoms with E-state index in [1.54, 1.807) is 28.4 Å². The van der Waals surface area contributed by atoms with Crippen molar-refractivity contribution in [3.63, 3.8) is 0 Å². The van der Waals surface area contributed by atoms with Gasteiger partial charge in [-0.15, -0.1) is 0 Å². The number of hydrogen-bond acceptors (Lipinski definition) is 4. The fraction of sp³-hybridized carbons (Fsp3) is 0.364. The van der Waals surface area contributed by atoms with Crippen LogP contribution in [0.2, 0.25) is 0 Å². The fourth-order valence-corrected chi connectivity index (χ4v) is 3.73. The van der Waals surface area contributed by atoms with Crippen molar-refractivity contribution in [1.82, 2.24) is 0 Å². The van der Waals surface area contributed by atoms with Gasteiger partial charge < -0.3 is 18.9 Å². The summed E-state index contributed by atoms with van der Waals surface area (Å²) in [6, 6.07) is 10.3. The van der Waals surface area contributed by atoms with E-state index in [1.165, 1.54) is 16.7 Å². The third kappa shape index (κ3) is 3.00. The zero-order valence-corrected chi connectivity index (χ0v) is 16.3. The third-order valence-electron chi connectivity index (χ3n) is 5.29. The van der Waals surface area contributed by atoms with Crippen molar-refractivity contribution in [2.45, 2.75) is 19.8 Å². The first-order valence-electron chi connectivity index (χ1n) is 8.70. The quantitative estimate of drug-likeness (QED) is 0.765. The van der Waals surface area contributed by atoms with Gasteiger partial charge in [0.25, 0.3) is 0 Å². The zero-order chi connectivity index (χ0) is 18.8. The van der Waals surface area contributed by atoms with Gasteiger partial charge in [-0.3, -0.25) is 0 Å². The number of benzene rings is 2. The van der Waals surface area contributed by atoms with Crippen molar-refractivity contribution in [1.29, 1.82) is 0 Å². The largest absolute Gasteiger partial charge is 0.493 e. The predicted molar refractivity (Wildman–Crippen MR) is 104 cm³/mol. The lowest BCUT2D eigenvalue weighted by atomic mass is 9.72. The van der Waals surface area contributed by atoms with Crippen LogP contribution in [0.15, 0.2) is 35.9 Å². The third-order valence-corrected chi connectivity index (χ3v) is 5.29. The molecular weight excluding hydrogens is 328 g/mol. The van der Waals surface area contributed by atoms with Gasteiger partial charge in [-0.1, -0.05) is 24.6 Å². The molecule has 0 bridgehead atoms. The van der Waals surface area contributed by atoms with Crippen molar-refractivity contribution in [2.75, 3.05) is 28.4 Å². The minimum Gasteiger partial charge on any atom is -0.493 e. The number of hydrogen-bond donors (Lipinski definition) is 0. The van der Waals surface area contributed by atoms with E-state index in [1.807, 2.05) is 6.07 Å². The van der Waals surface area contributed by atoms with Crippen molar-refractivity contribution in [2.24, 2.45) is 5.92 Å². The topological polar surface area (TPSA) is 36.9 Å². The Bertz CT molecular complexity index is 838. The Morgan fingerprint density at radius 2 is 1.31 bits per heavy atom. The fourth-order valence-electron chi connectivity index (χ4n) is 3.73. The zero-order valence-electron chi connectivity index (χ0n) is 16.3. The molecule has 2 aromatic rings. The molecule has 3 rings (SSSR count). The van der Waals surface area contributed by atoms with Gasteiger partial charge in [0.1, 0.15) is 0 Å². The molecule has 0 heterocycles. The number of rotatable bonds is 5. The average Bonchev–Trinajstić information content (AvgIpc) is 2.67. The molecule has 0 fully saturated rings. The van der Waals surface area contributed by atoms with E-state index in [0.29, 0.717) is 5.92 Å². The lowest BCUT2D eigenvalue weighted by Gasteiger charge is -2.32. The van der Waals surface area contributed by atoms with E-state index >= 15 is 0 Å². The highest BCUT2D eigenvalue weighted by atomic mass is 16.5. The van der Waals surface area contributed by atoms with Gasteiger partial charge in [0.05, 0.1) is 28.4 Å². The summed E-state index contributed by atoms with van der Waals surface area (Å²) < 4.78 is 21.9. The van der Waals surface area contributed by atoms with Gasteiger partial charge in [-0.25, -0.2) is 0 Å². The van der Waals surface area contributed by atoms with Gasteiger partial charge in [0.15, 0.2) is 23.0 Å². The van der Waals surface area contributed by atoms with Gasteiger partial charge in [0, 0.05) is 5.92 Å². The van der Waals surface area contributed by atoms with E-state index in [-0.39, 0.29) is 5.92 Å². The highest BCUT2D eigenvalue weighted by molar-refractivity contribution is 5.67. The molecule has 0 saturated carbocycles.